The zero-order chi connectivity index (χ0) is 24.9. The van der Waals surface area contributed by atoms with E-state index in [-0.39, 0.29) is 12.5 Å². The van der Waals surface area contributed by atoms with Crippen molar-refractivity contribution in [2.75, 3.05) is 24.2 Å². The molecule has 2 rings (SSSR count). The second-order valence-electron chi connectivity index (χ2n) is 7.77. The Balaban J connectivity index is 2.55. The molecule has 33 heavy (non-hydrogen) atoms. The van der Waals surface area contributed by atoms with E-state index in [1.807, 2.05) is 6.07 Å². The summed E-state index contributed by atoms with van der Waals surface area (Å²) in [6.45, 7) is 4.82. The SMILES string of the molecule is CC[C@@H](C(=O)NC)N(Cc1c(Cl)cccc1Cl)C(=O)CN(c1c(C)cccc1C)S(C)(=O)=O. The number of aryl methyl sites for hydroxylation is 2. The number of carbonyl (C=O) groups is 2. The molecule has 0 bridgehead atoms. The van der Waals surface area contributed by atoms with Crippen molar-refractivity contribution < 1.29 is 18.0 Å². The summed E-state index contributed by atoms with van der Waals surface area (Å²) in [5.41, 5.74) is 2.35. The van der Waals surface area contributed by atoms with Gasteiger partial charge in [0.15, 0.2) is 0 Å². The van der Waals surface area contributed by atoms with Gasteiger partial charge in [-0.2, -0.15) is 0 Å². The van der Waals surface area contributed by atoms with Crippen LogP contribution in [0.25, 0.3) is 0 Å². The van der Waals surface area contributed by atoms with Gasteiger partial charge < -0.3 is 10.2 Å². The van der Waals surface area contributed by atoms with Crippen LogP contribution in [0, 0.1) is 13.8 Å². The first-order valence-electron chi connectivity index (χ1n) is 10.4. The Morgan fingerprint density at radius 1 is 1.03 bits per heavy atom. The molecule has 1 atom stereocenters. The molecule has 0 saturated carbocycles. The van der Waals surface area contributed by atoms with Crippen molar-refractivity contribution >= 4 is 50.7 Å². The number of likely N-dealkylation sites (N-methyl/N-ethyl adjacent to an activating group) is 1. The van der Waals surface area contributed by atoms with E-state index < -0.39 is 28.5 Å². The van der Waals surface area contributed by atoms with E-state index in [1.54, 1.807) is 51.1 Å². The maximum Gasteiger partial charge on any atom is 0.244 e. The molecule has 10 heteroatoms. The highest BCUT2D eigenvalue weighted by Crippen LogP contribution is 2.29. The van der Waals surface area contributed by atoms with E-state index in [4.69, 9.17) is 23.2 Å². The van der Waals surface area contributed by atoms with Crippen molar-refractivity contribution in [2.45, 2.75) is 39.8 Å². The van der Waals surface area contributed by atoms with Gasteiger partial charge in [0, 0.05) is 29.2 Å². The third-order valence-corrected chi connectivity index (χ3v) is 7.21. The van der Waals surface area contributed by atoms with Gasteiger partial charge in [0.1, 0.15) is 12.6 Å². The number of benzene rings is 2. The minimum Gasteiger partial charge on any atom is -0.357 e. The van der Waals surface area contributed by atoms with Crippen LogP contribution in [0.2, 0.25) is 10.0 Å². The summed E-state index contributed by atoms with van der Waals surface area (Å²) in [4.78, 5) is 27.5. The van der Waals surface area contributed by atoms with Crippen molar-refractivity contribution in [2.24, 2.45) is 0 Å². The Morgan fingerprint density at radius 2 is 1.55 bits per heavy atom. The van der Waals surface area contributed by atoms with Gasteiger partial charge >= 0.3 is 0 Å². The minimum atomic E-state index is -3.81. The Labute approximate surface area is 205 Å². The van der Waals surface area contributed by atoms with E-state index in [0.717, 1.165) is 10.6 Å². The fraction of sp³-hybridized carbons (Fsp3) is 0.391. The van der Waals surface area contributed by atoms with E-state index in [9.17, 15) is 18.0 Å². The van der Waals surface area contributed by atoms with Crippen LogP contribution in [-0.4, -0.2) is 51.0 Å². The average molecular weight is 514 g/mol. The lowest BCUT2D eigenvalue weighted by Crippen LogP contribution is -2.51. The summed E-state index contributed by atoms with van der Waals surface area (Å²) in [5.74, 6) is -0.915. The summed E-state index contributed by atoms with van der Waals surface area (Å²) in [7, 11) is -2.32. The number of amides is 2. The van der Waals surface area contributed by atoms with Crippen LogP contribution in [0.4, 0.5) is 5.69 Å². The van der Waals surface area contributed by atoms with Crippen LogP contribution < -0.4 is 9.62 Å². The molecule has 180 valence electrons. The topological polar surface area (TPSA) is 86.8 Å². The Kier molecular flexibility index (Phi) is 9.17. The predicted molar refractivity (Wildman–Crippen MR) is 133 cm³/mol. The van der Waals surface area contributed by atoms with Crippen LogP contribution in [0.5, 0.6) is 0 Å². The van der Waals surface area contributed by atoms with Crippen molar-refractivity contribution in [3.63, 3.8) is 0 Å². The highest BCUT2D eigenvalue weighted by Gasteiger charge is 2.32. The quantitative estimate of drug-likeness (QED) is 0.550. The second-order valence-corrected chi connectivity index (χ2v) is 10.5. The Morgan fingerprint density at radius 3 is 2.00 bits per heavy atom. The second kappa shape index (κ2) is 11.2. The minimum absolute atomic E-state index is 0.0480. The number of hydrogen-bond donors (Lipinski definition) is 1. The zero-order valence-electron chi connectivity index (χ0n) is 19.4. The summed E-state index contributed by atoms with van der Waals surface area (Å²) < 4.78 is 26.5. The number of nitrogens with one attached hydrogen (secondary N) is 1. The summed E-state index contributed by atoms with van der Waals surface area (Å²) in [6.07, 6.45) is 1.37. The third-order valence-electron chi connectivity index (χ3n) is 5.39. The predicted octanol–water partition coefficient (Wildman–Crippen LogP) is 3.93. The van der Waals surface area contributed by atoms with E-state index >= 15 is 0 Å². The maximum atomic E-state index is 13.6. The van der Waals surface area contributed by atoms with Crippen molar-refractivity contribution in [3.8, 4) is 0 Å². The van der Waals surface area contributed by atoms with Crippen molar-refractivity contribution in [1.29, 1.82) is 0 Å². The molecule has 0 saturated heterocycles. The smallest absolute Gasteiger partial charge is 0.244 e. The van der Waals surface area contributed by atoms with Gasteiger partial charge in [0.05, 0.1) is 11.9 Å². The molecule has 2 aromatic carbocycles. The fourth-order valence-corrected chi connectivity index (χ4v) is 5.20. The molecular weight excluding hydrogens is 485 g/mol. The Bertz CT molecular complexity index is 1100. The highest BCUT2D eigenvalue weighted by molar-refractivity contribution is 7.92. The Hall–Kier alpha value is -2.29. The normalized spacial score (nSPS) is 12.2. The number of anilines is 1. The lowest BCUT2D eigenvalue weighted by molar-refractivity contribution is -0.140. The highest BCUT2D eigenvalue weighted by atomic mass is 35.5. The lowest BCUT2D eigenvalue weighted by atomic mass is 10.1. The standard InChI is InChI=1S/C23H29Cl2N3O4S/c1-6-20(23(30)26-4)27(13-17-18(24)11-8-12-19(17)25)21(29)14-28(33(5,31)32)22-15(2)9-7-10-16(22)3/h7-12,20H,6,13-14H2,1-5H3,(H,26,30)/t20-/m0/s1. The van der Waals surface area contributed by atoms with E-state index in [0.29, 0.717) is 38.8 Å². The van der Waals surface area contributed by atoms with Gasteiger partial charge in [0.2, 0.25) is 21.8 Å². The molecule has 0 spiro atoms. The third kappa shape index (κ3) is 6.40. The molecule has 0 aliphatic carbocycles. The molecule has 2 amide bonds. The number of hydrogen-bond acceptors (Lipinski definition) is 4. The van der Waals surface area contributed by atoms with Crippen LogP contribution in [-0.2, 0) is 26.2 Å². The molecule has 7 nitrogen and oxygen atoms in total. The zero-order valence-corrected chi connectivity index (χ0v) is 21.7. The molecule has 0 radical (unpaired) electrons. The number of carbonyl (C=O) groups excluding carboxylic acids is 2. The van der Waals surface area contributed by atoms with Crippen LogP contribution in [0.3, 0.4) is 0 Å². The number of para-hydroxylation sites is 1. The molecule has 0 aromatic heterocycles. The number of halogens is 2. The molecule has 0 aliphatic heterocycles. The first-order valence-corrected chi connectivity index (χ1v) is 13.0. The lowest BCUT2D eigenvalue weighted by Gasteiger charge is -2.33. The molecule has 0 heterocycles. The molecule has 0 unspecified atom stereocenters. The average Bonchev–Trinajstić information content (AvgIpc) is 2.73. The fourth-order valence-electron chi connectivity index (χ4n) is 3.71. The summed E-state index contributed by atoms with van der Waals surface area (Å²) >= 11 is 12.7. The summed E-state index contributed by atoms with van der Waals surface area (Å²) in [5, 5.41) is 3.27. The van der Waals surface area contributed by atoms with Crippen LogP contribution >= 0.6 is 23.2 Å². The van der Waals surface area contributed by atoms with Gasteiger partial charge in [-0.15, -0.1) is 0 Å². The molecular formula is C23H29Cl2N3O4S. The van der Waals surface area contributed by atoms with E-state index in [2.05, 4.69) is 5.32 Å². The monoisotopic (exact) mass is 513 g/mol. The largest absolute Gasteiger partial charge is 0.357 e. The maximum absolute atomic E-state index is 13.6. The van der Waals surface area contributed by atoms with Gasteiger partial charge in [0.25, 0.3) is 0 Å². The molecule has 2 aromatic rings. The van der Waals surface area contributed by atoms with Gasteiger partial charge in [-0.1, -0.05) is 54.4 Å². The van der Waals surface area contributed by atoms with Crippen LogP contribution in [0.1, 0.15) is 30.0 Å². The first-order chi connectivity index (χ1) is 15.4. The van der Waals surface area contributed by atoms with E-state index in [1.165, 1.54) is 11.9 Å². The van der Waals surface area contributed by atoms with Gasteiger partial charge in [-0.3, -0.25) is 13.9 Å². The molecule has 1 N–H and O–H groups in total. The van der Waals surface area contributed by atoms with Crippen molar-refractivity contribution in [1.82, 2.24) is 10.2 Å². The number of sulfonamides is 1. The summed E-state index contributed by atoms with van der Waals surface area (Å²) in [6, 6.07) is 9.52. The number of rotatable bonds is 9. The molecule has 0 aliphatic rings. The van der Waals surface area contributed by atoms with Crippen LogP contribution in [0.15, 0.2) is 36.4 Å². The van der Waals surface area contributed by atoms with Gasteiger partial charge in [-0.05, 0) is 43.5 Å². The van der Waals surface area contributed by atoms with Gasteiger partial charge in [-0.25, -0.2) is 8.42 Å². The van der Waals surface area contributed by atoms with Crippen molar-refractivity contribution in [3.05, 3.63) is 63.1 Å². The first kappa shape index (κ1) is 27.0. The number of nitrogens with zero attached hydrogens (tertiary/aromatic N) is 2. The molecule has 0 fully saturated rings.